The molecule has 5 rings (SSSR count). The second-order valence-corrected chi connectivity index (χ2v) is 9.82. The fraction of sp³-hybridized carbons (Fsp3) is 0.429. The second kappa shape index (κ2) is 9.71. The summed E-state index contributed by atoms with van der Waals surface area (Å²) in [6.07, 6.45) is -0.744. The maximum absolute atomic E-state index is 14.1. The fourth-order valence-corrected chi connectivity index (χ4v) is 5.66. The van der Waals surface area contributed by atoms with E-state index in [0.29, 0.717) is 41.5 Å². The van der Waals surface area contributed by atoms with Gasteiger partial charge in [0.15, 0.2) is 0 Å². The Morgan fingerprint density at radius 2 is 1.83 bits per heavy atom. The highest BCUT2D eigenvalue weighted by Gasteiger charge is 2.46. The Kier molecular flexibility index (Phi) is 6.62. The van der Waals surface area contributed by atoms with Crippen LogP contribution in [0.15, 0.2) is 54.6 Å². The Morgan fingerprint density at radius 1 is 1.08 bits per heavy atom. The van der Waals surface area contributed by atoms with Crippen LogP contribution in [0.1, 0.15) is 56.2 Å². The molecule has 8 heteroatoms. The maximum Gasteiger partial charge on any atom is 0.433 e. The number of para-hydroxylation sites is 1. The van der Waals surface area contributed by atoms with Gasteiger partial charge in [0.2, 0.25) is 5.91 Å². The summed E-state index contributed by atoms with van der Waals surface area (Å²) in [6, 6.07) is 14.5. The number of carbonyl (C=O) groups excluding carboxylic acids is 1. The van der Waals surface area contributed by atoms with Crippen molar-refractivity contribution in [2.75, 3.05) is 11.4 Å². The minimum atomic E-state index is -4.54. The number of carbonyl (C=O) groups is 1. The van der Waals surface area contributed by atoms with Crippen molar-refractivity contribution in [2.24, 2.45) is 5.92 Å². The van der Waals surface area contributed by atoms with Crippen molar-refractivity contribution in [3.05, 3.63) is 71.7 Å². The van der Waals surface area contributed by atoms with Gasteiger partial charge in [-0.15, -0.1) is 0 Å². The van der Waals surface area contributed by atoms with Gasteiger partial charge in [-0.2, -0.15) is 13.2 Å². The van der Waals surface area contributed by atoms with Crippen molar-refractivity contribution in [1.29, 1.82) is 0 Å². The molecule has 1 N–H and O–H groups in total. The Bertz CT molecular complexity index is 1260. The first-order chi connectivity index (χ1) is 17.3. The summed E-state index contributed by atoms with van der Waals surface area (Å²) in [6.45, 7) is 2.47. The molecule has 0 aliphatic heterocycles. The molecule has 1 aromatic heterocycles. The van der Waals surface area contributed by atoms with E-state index in [4.69, 9.17) is 0 Å². The van der Waals surface area contributed by atoms with Crippen LogP contribution < -0.4 is 10.2 Å². The molecule has 36 heavy (non-hydrogen) atoms. The zero-order valence-corrected chi connectivity index (χ0v) is 20.1. The summed E-state index contributed by atoms with van der Waals surface area (Å²) in [5.41, 5.74) is 0.521. The average molecular weight is 500 g/mol. The molecule has 2 saturated carbocycles. The number of fused-ring (bicyclic) bond motifs is 1. The Balaban J connectivity index is 1.32. The minimum absolute atomic E-state index is 0.0116. The molecule has 0 spiro atoms. The number of aromatic nitrogens is 1. The van der Waals surface area contributed by atoms with Gasteiger partial charge >= 0.3 is 6.18 Å². The lowest BCUT2D eigenvalue weighted by Crippen LogP contribution is -2.46. The first-order valence-corrected chi connectivity index (χ1v) is 12.5. The standard InChI is InChI=1S/C28H29F4N3O/c1-2-35(25-16-26(28(30,31)32)34-24-13-6-4-11-20(24)25)18-9-7-8-17(14-18)33-27(36)22-15-21(22)19-10-3-5-12-23(19)29/h3-6,10-13,16-18,21-22H,2,7-9,14-15H2,1H3,(H,33,36)/t17-,18+,21+,22-/m1/s1. The van der Waals surface area contributed by atoms with Crippen LogP contribution in [0.4, 0.5) is 23.2 Å². The van der Waals surface area contributed by atoms with Crippen molar-refractivity contribution >= 4 is 22.5 Å². The SMILES string of the molecule is CCN(c1cc(C(F)(F)F)nc2ccccc12)[C@H]1CCC[C@@H](NC(=O)[C@@H]2C[C@H]2c2ccccc2F)C1. The van der Waals surface area contributed by atoms with Crippen LogP contribution in [0.3, 0.4) is 0 Å². The van der Waals surface area contributed by atoms with E-state index in [0.717, 1.165) is 25.3 Å². The van der Waals surface area contributed by atoms with Crippen molar-refractivity contribution in [1.82, 2.24) is 10.3 Å². The van der Waals surface area contributed by atoms with Crippen LogP contribution in [0.5, 0.6) is 0 Å². The topological polar surface area (TPSA) is 45.2 Å². The highest BCUT2D eigenvalue weighted by molar-refractivity contribution is 5.92. The van der Waals surface area contributed by atoms with Gasteiger partial charge in [-0.05, 0) is 68.7 Å². The van der Waals surface area contributed by atoms with Crippen LogP contribution in [0.25, 0.3) is 10.9 Å². The summed E-state index contributed by atoms with van der Waals surface area (Å²) in [5, 5.41) is 3.84. The first kappa shape index (κ1) is 24.5. The normalized spacial score (nSPS) is 23.9. The zero-order chi connectivity index (χ0) is 25.4. The molecule has 2 aliphatic carbocycles. The zero-order valence-electron chi connectivity index (χ0n) is 20.1. The van der Waals surface area contributed by atoms with Gasteiger partial charge < -0.3 is 10.2 Å². The second-order valence-electron chi connectivity index (χ2n) is 9.82. The Morgan fingerprint density at radius 3 is 2.58 bits per heavy atom. The third kappa shape index (κ3) is 4.90. The lowest BCUT2D eigenvalue weighted by molar-refractivity contribution is -0.141. The monoisotopic (exact) mass is 499 g/mol. The van der Waals surface area contributed by atoms with E-state index in [1.165, 1.54) is 6.07 Å². The van der Waals surface area contributed by atoms with Crippen LogP contribution >= 0.6 is 0 Å². The summed E-state index contributed by atoms with van der Waals surface area (Å²) in [5.74, 6) is -0.674. The lowest BCUT2D eigenvalue weighted by Gasteiger charge is -2.39. The predicted octanol–water partition coefficient (Wildman–Crippen LogP) is 6.45. The molecule has 4 nitrogen and oxygen atoms in total. The summed E-state index contributed by atoms with van der Waals surface area (Å²) in [7, 11) is 0. The Hall–Kier alpha value is -3.16. The largest absolute Gasteiger partial charge is 0.433 e. The predicted molar refractivity (Wildman–Crippen MR) is 131 cm³/mol. The number of halogens is 4. The van der Waals surface area contributed by atoms with E-state index >= 15 is 0 Å². The molecule has 2 aromatic carbocycles. The van der Waals surface area contributed by atoms with Gasteiger partial charge in [-0.1, -0.05) is 36.4 Å². The molecular weight excluding hydrogens is 470 g/mol. The van der Waals surface area contributed by atoms with Gasteiger partial charge in [0.1, 0.15) is 11.5 Å². The molecular formula is C28H29F4N3O. The van der Waals surface area contributed by atoms with E-state index < -0.39 is 11.9 Å². The van der Waals surface area contributed by atoms with Crippen LogP contribution in [-0.2, 0) is 11.0 Å². The number of hydrogen-bond acceptors (Lipinski definition) is 3. The molecule has 190 valence electrons. The van der Waals surface area contributed by atoms with Gasteiger partial charge in [0.05, 0.1) is 5.52 Å². The van der Waals surface area contributed by atoms with Crippen LogP contribution in [0.2, 0.25) is 0 Å². The van der Waals surface area contributed by atoms with Gasteiger partial charge in [0.25, 0.3) is 0 Å². The average Bonchev–Trinajstić information content (AvgIpc) is 3.65. The summed E-state index contributed by atoms with van der Waals surface area (Å²) < 4.78 is 55.0. The third-order valence-corrected chi connectivity index (χ3v) is 7.50. The lowest BCUT2D eigenvalue weighted by atomic mass is 9.89. The quantitative estimate of drug-likeness (QED) is 0.397. The fourth-order valence-electron chi connectivity index (χ4n) is 5.66. The molecule has 2 aliphatic rings. The molecule has 4 atom stereocenters. The van der Waals surface area contributed by atoms with Crippen molar-refractivity contribution in [3.8, 4) is 0 Å². The third-order valence-electron chi connectivity index (χ3n) is 7.50. The molecule has 0 radical (unpaired) electrons. The molecule has 0 saturated heterocycles. The number of nitrogens with one attached hydrogen (secondary N) is 1. The number of amides is 1. The Labute approximate surface area is 207 Å². The van der Waals surface area contributed by atoms with Crippen LogP contribution in [0, 0.1) is 11.7 Å². The van der Waals surface area contributed by atoms with E-state index in [9.17, 15) is 22.4 Å². The number of rotatable bonds is 6. The van der Waals surface area contributed by atoms with Crippen molar-refractivity contribution in [2.45, 2.75) is 63.2 Å². The highest BCUT2D eigenvalue weighted by Crippen LogP contribution is 2.48. The van der Waals surface area contributed by atoms with E-state index in [1.54, 1.807) is 42.5 Å². The van der Waals surface area contributed by atoms with Crippen molar-refractivity contribution in [3.63, 3.8) is 0 Å². The number of nitrogens with zero attached hydrogens (tertiary/aromatic N) is 2. The maximum atomic E-state index is 14.1. The number of alkyl halides is 3. The van der Waals surface area contributed by atoms with Gasteiger partial charge in [-0.3, -0.25) is 4.79 Å². The number of benzene rings is 2. The van der Waals surface area contributed by atoms with E-state index in [1.807, 2.05) is 11.8 Å². The molecule has 0 unspecified atom stereocenters. The summed E-state index contributed by atoms with van der Waals surface area (Å²) >= 11 is 0. The minimum Gasteiger partial charge on any atom is -0.368 e. The first-order valence-electron chi connectivity index (χ1n) is 12.5. The van der Waals surface area contributed by atoms with Crippen molar-refractivity contribution < 1.29 is 22.4 Å². The smallest absolute Gasteiger partial charge is 0.368 e. The van der Waals surface area contributed by atoms with Gasteiger partial charge in [-0.25, -0.2) is 9.37 Å². The highest BCUT2D eigenvalue weighted by atomic mass is 19.4. The van der Waals surface area contributed by atoms with E-state index in [2.05, 4.69) is 10.3 Å². The number of anilines is 1. The number of pyridine rings is 1. The van der Waals surface area contributed by atoms with Crippen LogP contribution in [-0.4, -0.2) is 29.5 Å². The van der Waals surface area contributed by atoms with E-state index in [-0.39, 0.29) is 35.6 Å². The molecule has 1 amide bonds. The molecule has 0 bridgehead atoms. The summed E-state index contributed by atoms with van der Waals surface area (Å²) in [4.78, 5) is 18.8. The number of hydrogen-bond donors (Lipinski definition) is 1. The molecule has 3 aromatic rings. The van der Waals surface area contributed by atoms with Gasteiger partial charge in [0, 0.05) is 35.6 Å². The molecule has 2 fully saturated rings. The molecule has 1 heterocycles.